The monoisotopic (exact) mass is 557 g/mol. The molecule has 4 N–H and O–H groups in total. The van der Waals surface area contributed by atoms with Crippen molar-refractivity contribution in [3.8, 4) is 0 Å². The average molecular weight is 558 g/mol. The number of aromatic nitrogens is 2. The van der Waals surface area contributed by atoms with Gasteiger partial charge in [0.2, 0.25) is 11.9 Å². The largest absolute Gasteiger partial charge is 0.490 e. The maximum Gasteiger partial charge on any atom is 0.490 e. The van der Waals surface area contributed by atoms with E-state index in [1.807, 2.05) is 73.7 Å². The number of halogens is 3. The number of rotatable bonds is 9. The van der Waals surface area contributed by atoms with Crippen LogP contribution in [0.5, 0.6) is 0 Å². The van der Waals surface area contributed by atoms with Crippen molar-refractivity contribution in [1.29, 1.82) is 0 Å². The number of hydrogen-bond donors (Lipinski definition) is 4. The molecule has 40 heavy (non-hydrogen) atoms. The molecule has 1 aliphatic rings. The van der Waals surface area contributed by atoms with Gasteiger partial charge in [-0.15, -0.1) is 0 Å². The lowest BCUT2D eigenvalue weighted by Crippen LogP contribution is -2.37. The zero-order valence-electron chi connectivity index (χ0n) is 22.2. The number of para-hydroxylation sites is 1. The standard InChI is InChI=1S/C27H33N5O.C2HF3O2/c1-20-17-25(32-27(29-20)28-19-22-13-7-3-8-14-22)31-24(18-21-11-5-2-6-12-21)26(33)30-23-15-9-4-10-16-23;3-2(4,5)1(6)7/h2,4-6,9-12,15-17,22,24H,3,7-8,13-14,18-19H2,1H3,(H,30,33)(H2,28,29,31,32);(H,6,7)/t24-;/m0./s1. The summed E-state index contributed by atoms with van der Waals surface area (Å²) >= 11 is 0. The van der Waals surface area contributed by atoms with E-state index >= 15 is 0 Å². The van der Waals surface area contributed by atoms with Crippen LogP contribution in [0.15, 0.2) is 66.7 Å². The van der Waals surface area contributed by atoms with Gasteiger partial charge in [-0.25, -0.2) is 9.78 Å². The van der Waals surface area contributed by atoms with E-state index in [2.05, 4.69) is 25.9 Å². The van der Waals surface area contributed by atoms with Crippen LogP contribution in [-0.4, -0.2) is 45.7 Å². The van der Waals surface area contributed by atoms with E-state index in [9.17, 15) is 18.0 Å². The van der Waals surface area contributed by atoms with Crippen molar-refractivity contribution < 1.29 is 27.9 Å². The van der Waals surface area contributed by atoms with Gasteiger partial charge in [-0.2, -0.15) is 18.2 Å². The lowest BCUT2D eigenvalue weighted by atomic mass is 9.89. The van der Waals surface area contributed by atoms with Crippen LogP contribution in [-0.2, 0) is 16.0 Å². The first kappa shape index (κ1) is 30.4. The summed E-state index contributed by atoms with van der Waals surface area (Å²) < 4.78 is 31.7. The van der Waals surface area contributed by atoms with Gasteiger partial charge in [0.05, 0.1) is 0 Å². The van der Waals surface area contributed by atoms with Crippen LogP contribution in [0.4, 0.5) is 30.6 Å². The minimum atomic E-state index is -5.08. The Kier molecular flexibility index (Phi) is 11.3. The van der Waals surface area contributed by atoms with Gasteiger partial charge in [-0.3, -0.25) is 4.79 Å². The Hall–Kier alpha value is -4.15. The SMILES string of the molecule is Cc1cc(N[C@@H](Cc2ccccc2)C(=O)Nc2ccccc2)nc(NCC2CCCCC2)n1.O=C(O)C(F)(F)F. The summed E-state index contributed by atoms with van der Waals surface area (Å²) in [5.41, 5.74) is 2.72. The highest BCUT2D eigenvalue weighted by molar-refractivity contribution is 5.96. The molecule has 214 valence electrons. The molecule has 0 aliphatic heterocycles. The Bertz CT molecular complexity index is 1220. The van der Waals surface area contributed by atoms with Crippen molar-refractivity contribution in [2.24, 2.45) is 5.92 Å². The second kappa shape index (κ2) is 14.9. The Morgan fingerprint density at radius 3 is 2.17 bits per heavy atom. The molecule has 0 unspecified atom stereocenters. The molecule has 4 rings (SSSR count). The fourth-order valence-electron chi connectivity index (χ4n) is 4.34. The summed E-state index contributed by atoms with van der Waals surface area (Å²) in [5.74, 6) is -0.907. The maximum atomic E-state index is 13.2. The number of alkyl halides is 3. The number of nitrogens with zero attached hydrogens (tertiary/aromatic N) is 2. The summed E-state index contributed by atoms with van der Waals surface area (Å²) in [5, 5.41) is 16.9. The first-order valence-electron chi connectivity index (χ1n) is 13.2. The molecule has 1 aliphatic carbocycles. The molecule has 11 heteroatoms. The second-order valence-corrected chi connectivity index (χ2v) is 9.65. The van der Waals surface area contributed by atoms with Crippen LogP contribution in [0.1, 0.15) is 43.4 Å². The smallest absolute Gasteiger partial charge is 0.475 e. The van der Waals surface area contributed by atoms with Crippen LogP contribution in [0, 0.1) is 12.8 Å². The average Bonchev–Trinajstić information content (AvgIpc) is 2.93. The summed E-state index contributed by atoms with van der Waals surface area (Å²) in [4.78, 5) is 31.3. The predicted molar refractivity (Wildman–Crippen MR) is 148 cm³/mol. The van der Waals surface area contributed by atoms with Crippen molar-refractivity contribution >= 4 is 29.3 Å². The van der Waals surface area contributed by atoms with E-state index in [-0.39, 0.29) is 5.91 Å². The molecule has 1 aromatic heterocycles. The normalized spacial score (nSPS) is 14.3. The van der Waals surface area contributed by atoms with Gasteiger partial charge in [-0.1, -0.05) is 67.8 Å². The van der Waals surface area contributed by atoms with E-state index in [0.29, 0.717) is 24.1 Å². The van der Waals surface area contributed by atoms with Crippen LogP contribution in [0.25, 0.3) is 0 Å². The zero-order valence-corrected chi connectivity index (χ0v) is 22.2. The highest BCUT2D eigenvalue weighted by Gasteiger charge is 2.38. The topological polar surface area (TPSA) is 116 Å². The molecule has 2 aromatic carbocycles. The minimum Gasteiger partial charge on any atom is -0.475 e. The fraction of sp³-hybridized carbons (Fsp3) is 0.379. The molecule has 1 atom stereocenters. The highest BCUT2D eigenvalue weighted by atomic mass is 19.4. The number of aryl methyl sites for hydroxylation is 1. The summed E-state index contributed by atoms with van der Waals surface area (Å²) in [6.45, 7) is 2.85. The Morgan fingerprint density at radius 1 is 0.975 bits per heavy atom. The molecule has 1 heterocycles. The van der Waals surface area contributed by atoms with Gasteiger partial charge in [0.25, 0.3) is 0 Å². The number of benzene rings is 2. The van der Waals surface area contributed by atoms with E-state index in [4.69, 9.17) is 9.90 Å². The third-order valence-corrected chi connectivity index (χ3v) is 6.33. The summed E-state index contributed by atoms with van der Waals surface area (Å²) in [6, 6.07) is 21.0. The molecule has 0 bridgehead atoms. The molecule has 3 aromatic rings. The first-order valence-corrected chi connectivity index (χ1v) is 13.2. The molecular formula is C29H34F3N5O3. The van der Waals surface area contributed by atoms with Crippen molar-refractivity contribution in [3.63, 3.8) is 0 Å². The third-order valence-electron chi connectivity index (χ3n) is 6.33. The molecule has 1 fully saturated rings. The number of carbonyl (C=O) groups excluding carboxylic acids is 1. The zero-order chi connectivity index (χ0) is 29.0. The van der Waals surface area contributed by atoms with E-state index in [0.717, 1.165) is 23.5 Å². The Balaban J connectivity index is 0.000000559. The van der Waals surface area contributed by atoms with Crippen LogP contribution in [0.3, 0.4) is 0 Å². The van der Waals surface area contributed by atoms with Crippen LogP contribution < -0.4 is 16.0 Å². The first-order chi connectivity index (χ1) is 19.1. The molecule has 0 radical (unpaired) electrons. The van der Waals surface area contributed by atoms with Crippen LogP contribution >= 0.6 is 0 Å². The van der Waals surface area contributed by atoms with Crippen molar-refractivity contribution in [2.75, 3.05) is 22.5 Å². The molecule has 0 saturated heterocycles. The number of carboxylic acid groups (broad SMARTS) is 1. The van der Waals surface area contributed by atoms with Crippen LogP contribution in [0.2, 0.25) is 0 Å². The molecule has 8 nitrogen and oxygen atoms in total. The van der Waals surface area contributed by atoms with Gasteiger partial charge in [0.1, 0.15) is 11.9 Å². The number of hydrogen-bond acceptors (Lipinski definition) is 6. The number of carboxylic acids is 1. The summed E-state index contributed by atoms with van der Waals surface area (Å²) in [7, 11) is 0. The maximum absolute atomic E-state index is 13.2. The van der Waals surface area contributed by atoms with E-state index in [1.165, 1.54) is 32.1 Å². The van der Waals surface area contributed by atoms with Gasteiger partial charge >= 0.3 is 12.1 Å². The minimum absolute atomic E-state index is 0.0990. The molecule has 0 spiro atoms. The number of nitrogens with one attached hydrogen (secondary N) is 3. The summed E-state index contributed by atoms with van der Waals surface area (Å²) in [6.07, 6.45) is 1.97. The predicted octanol–water partition coefficient (Wildman–Crippen LogP) is 6.07. The molecular weight excluding hydrogens is 523 g/mol. The van der Waals surface area contributed by atoms with E-state index < -0.39 is 18.2 Å². The van der Waals surface area contributed by atoms with Gasteiger partial charge < -0.3 is 21.1 Å². The highest BCUT2D eigenvalue weighted by Crippen LogP contribution is 2.24. The fourth-order valence-corrected chi connectivity index (χ4v) is 4.34. The number of aliphatic carboxylic acids is 1. The quantitative estimate of drug-likeness (QED) is 0.252. The van der Waals surface area contributed by atoms with Gasteiger partial charge in [0, 0.05) is 30.4 Å². The van der Waals surface area contributed by atoms with E-state index in [1.54, 1.807) is 0 Å². The Labute approximate surface area is 231 Å². The number of anilines is 3. The lowest BCUT2D eigenvalue weighted by Gasteiger charge is -2.22. The third kappa shape index (κ3) is 10.5. The van der Waals surface area contributed by atoms with Crippen molar-refractivity contribution in [3.05, 3.63) is 78.0 Å². The second-order valence-electron chi connectivity index (χ2n) is 9.65. The van der Waals surface area contributed by atoms with Crippen molar-refractivity contribution in [2.45, 2.75) is 57.7 Å². The number of amides is 1. The van der Waals surface area contributed by atoms with Gasteiger partial charge in [-0.05, 0) is 43.4 Å². The van der Waals surface area contributed by atoms with Gasteiger partial charge in [0.15, 0.2) is 0 Å². The lowest BCUT2D eigenvalue weighted by molar-refractivity contribution is -0.192. The molecule has 1 amide bonds. The molecule has 1 saturated carbocycles. The number of carbonyl (C=O) groups is 2. The van der Waals surface area contributed by atoms with Crippen molar-refractivity contribution in [1.82, 2.24) is 9.97 Å². The Morgan fingerprint density at radius 2 is 1.57 bits per heavy atom.